The van der Waals surface area contributed by atoms with Crippen LogP contribution in [0.5, 0.6) is 11.5 Å². The van der Waals surface area contributed by atoms with Gasteiger partial charge < -0.3 is 20.1 Å². The fourth-order valence-corrected chi connectivity index (χ4v) is 1.95. The van der Waals surface area contributed by atoms with E-state index in [-0.39, 0.29) is 23.4 Å². The third-order valence-corrected chi connectivity index (χ3v) is 3.58. The molecule has 26 heavy (non-hydrogen) atoms. The molecule has 0 saturated heterocycles. The van der Waals surface area contributed by atoms with Crippen LogP contribution in [0.1, 0.15) is 32.8 Å². The van der Waals surface area contributed by atoms with Crippen LogP contribution in [-0.4, -0.2) is 37.6 Å². The molecule has 0 bridgehead atoms. The number of carbonyl (C=O) groups excluding carboxylic acids is 2. The predicted molar refractivity (Wildman–Crippen MR) is 94.2 cm³/mol. The molecule has 0 aromatic heterocycles. The molecule has 1 aromatic carbocycles. The average Bonchev–Trinajstić information content (AvgIpc) is 2.59. The van der Waals surface area contributed by atoms with Gasteiger partial charge in [0, 0.05) is 12.1 Å². The van der Waals surface area contributed by atoms with Gasteiger partial charge in [0.15, 0.2) is 11.5 Å². The molecule has 6 nitrogen and oxygen atoms in total. The summed E-state index contributed by atoms with van der Waals surface area (Å²) in [6, 6.07) is 3.63. The zero-order valence-corrected chi connectivity index (χ0v) is 15.2. The Morgan fingerprint density at radius 1 is 1.19 bits per heavy atom. The second kappa shape index (κ2) is 10.4. The quantitative estimate of drug-likeness (QED) is 0.656. The Bertz CT molecular complexity index is 650. The number of rotatable bonds is 9. The van der Waals surface area contributed by atoms with Crippen molar-refractivity contribution >= 4 is 17.9 Å². The SMILES string of the molecule is CC[C@H](C)NC(=O)[C@H](C)NC(=O)/C=C\c1ccc(OC(F)F)c(OC)c1. The highest BCUT2D eigenvalue weighted by molar-refractivity contribution is 5.95. The fraction of sp³-hybridized carbons (Fsp3) is 0.444. The van der Waals surface area contributed by atoms with Gasteiger partial charge in [0.05, 0.1) is 7.11 Å². The molecule has 1 rings (SSSR count). The first kappa shape index (κ1) is 21.4. The van der Waals surface area contributed by atoms with Gasteiger partial charge in [-0.05, 0) is 44.0 Å². The Morgan fingerprint density at radius 2 is 1.88 bits per heavy atom. The number of hydrogen-bond acceptors (Lipinski definition) is 4. The van der Waals surface area contributed by atoms with Crippen molar-refractivity contribution in [2.24, 2.45) is 0 Å². The van der Waals surface area contributed by atoms with E-state index < -0.39 is 18.6 Å². The number of nitrogens with one attached hydrogen (secondary N) is 2. The van der Waals surface area contributed by atoms with E-state index in [1.807, 2.05) is 13.8 Å². The van der Waals surface area contributed by atoms with Crippen LogP contribution in [0.15, 0.2) is 24.3 Å². The number of alkyl halides is 2. The van der Waals surface area contributed by atoms with E-state index in [4.69, 9.17) is 4.74 Å². The van der Waals surface area contributed by atoms with Crippen molar-refractivity contribution in [1.29, 1.82) is 0 Å². The first-order chi connectivity index (χ1) is 12.3. The van der Waals surface area contributed by atoms with Crippen molar-refractivity contribution in [2.45, 2.75) is 45.9 Å². The molecular weight excluding hydrogens is 346 g/mol. The van der Waals surface area contributed by atoms with Crippen LogP contribution in [0.3, 0.4) is 0 Å². The standard InChI is InChI=1S/C18H24F2N2O4/c1-5-11(2)21-17(24)12(3)22-16(23)9-7-13-6-8-14(26-18(19)20)15(10-13)25-4/h6-12,18H,5H2,1-4H3,(H,21,24)(H,22,23)/b9-7-/t11-,12-/m0/s1. The van der Waals surface area contributed by atoms with Crippen LogP contribution < -0.4 is 20.1 Å². The minimum absolute atomic E-state index is 0.0267. The van der Waals surface area contributed by atoms with E-state index in [0.717, 1.165) is 6.42 Å². The molecule has 144 valence electrons. The smallest absolute Gasteiger partial charge is 0.387 e. The first-order valence-electron chi connectivity index (χ1n) is 8.18. The largest absolute Gasteiger partial charge is 0.493 e. The van der Waals surface area contributed by atoms with Crippen molar-refractivity contribution in [3.05, 3.63) is 29.8 Å². The van der Waals surface area contributed by atoms with Crippen LogP contribution in [0.2, 0.25) is 0 Å². The molecule has 0 fully saturated rings. The first-order valence-corrected chi connectivity index (χ1v) is 8.18. The van der Waals surface area contributed by atoms with E-state index in [1.54, 1.807) is 6.92 Å². The van der Waals surface area contributed by atoms with Crippen LogP contribution in [0.4, 0.5) is 8.78 Å². The molecule has 0 radical (unpaired) electrons. The van der Waals surface area contributed by atoms with Gasteiger partial charge in [-0.3, -0.25) is 9.59 Å². The van der Waals surface area contributed by atoms with Gasteiger partial charge >= 0.3 is 6.61 Å². The highest BCUT2D eigenvalue weighted by Crippen LogP contribution is 2.29. The number of hydrogen-bond donors (Lipinski definition) is 2. The minimum Gasteiger partial charge on any atom is -0.493 e. The Balaban J connectivity index is 2.69. The summed E-state index contributed by atoms with van der Waals surface area (Å²) in [5.74, 6) is -0.700. The molecule has 0 spiro atoms. The lowest BCUT2D eigenvalue weighted by atomic mass is 10.2. The van der Waals surface area contributed by atoms with Crippen LogP contribution in [0.25, 0.3) is 6.08 Å². The molecule has 0 heterocycles. The topological polar surface area (TPSA) is 76.7 Å². The molecule has 2 N–H and O–H groups in total. The summed E-state index contributed by atoms with van der Waals surface area (Å²) in [5.41, 5.74) is 0.551. The maximum absolute atomic E-state index is 12.3. The number of methoxy groups -OCH3 is 1. The molecule has 0 aliphatic rings. The minimum atomic E-state index is -2.96. The second-order valence-electron chi connectivity index (χ2n) is 5.67. The van der Waals surface area contributed by atoms with Crippen molar-refractivity contribution in [2.75, 3.05) is 7.11 Å². The van der Waals surface area contributed by atoms with E-state index in [0.29, 0.717) is 5.56 Å². The summed E-state index contributed by atoms with van der Waals surface area (Å²) >= 11 is 0. The summed E-state index contributed by atoms with van der Waals surface area (Å²) in [6.45, 7) is 2.45. The summed E-state index contributed by atoms with van der Waals surface area (Å²) < 4.78 is 33.9. The summed E-state index contributed by atoms with van der Waals surface area (Å²) in [7, 11) is 1.32. The molecule has 0 saturated carbocycles. The normalized spacial score (nSPS) is 13.3. The Hall–Kier alpha value is -2.64. The van der Waals surface area contributed by atoms with Crippen LogP contribution in [-0.2, 0) is 9.59 Å². The fourth-order valence-electron chi connectivity index (χ4n) is 1.95. The van der Waals surface area contributed by atoms with Crippen molar-refractivity contribution in [1.82, 2.24) is 10.6 Å². The molecule has 1 aromatic rings. The third kappa shape index (κ3) is 7.08. The van der Waals surface area contributed by atoms with E-state index >= 15 is 0 Å². The van der Waals surface area contributed by atoms with Crippen molar-refractivity contribution in [3.8, 4) is 11.5 Å². The number of benzene rings is 1. The zero-order valence-electron chi connectivity index (χ0n) is 15.2. The van der Waals surface area contributed by atoms with Gasteiger partial charge in [-0.2, -0.15) is 8.78 Å². The van der Waals surface area contributed by atoms with Gasteiger partial charge in [-0.25, -0.2) is 0 Å². The summed E-state index contributed by atoms with van der Waals surface area (Å²) in [6.07, 6.45) is 3.51. The monoisotopic (exact) mass is 370 g/mol. The average molecular weight is 370 g/mol. The van der Waals surface area contributed by atoms with E-state index in [9.17, 15) is 18.4 Å². The third-order valence-electron chi connectivity index (χ3n) is 3.58. The Morgan fingerprint density at radius 3 is 2.46 bits per heavy atom. The molecule has 0 aliphatic heterocycles. The number of ether oxygens (including phenoxy) is 2. The molecule has 0 unspecified atom stereocenters. The molecule has 2 atom stereocenters. The zero-order chi connectivity index (χ0) is 19.7. The molecule has 8 heteroatoms. The molecule has 0 aliphatic carbocycles. The summed E-state index contributed by atoms with van der Waals surface area (Å²) in [4.78, 5) is 23.8. The number of amides is 2. The lowest BCUT2D eigenvalue weighted by Gasteiger charge is -2.16. The maximum Gasteiger partial charge on any atom is 0.387 e. The van der Waals surface area contributed by atoms with Gasteiger partial charge in [0.2, 0.25) is 11.8 Å². The van der Waals surface area contributed by atoms with Gasteiger partial charge in [-0.1, -0.05) is 13.0 Å². The van der Waals surface area contributed by atoms with Gasteiger partial charge in [0.1, 0.15) is 6.04 Å². The van der Waals surface area contributed by atoms with Crippen molar-refractivity contribution in [3.63, 3.8) is 0 Å². The highest BCUT2D eigenvalue weighted by atomic mass is 19.3. The number of carbonyl (C=O) groups is 2. The molecular formula is C18H24F2N2O4. The van der Waals surface area contributed by atoms with Crippen molar-refractivity contribution < 1.29 is 27.8 Å². The number of halogens is 2. The van der Waals surface area contributed by atoms with Gasteiger partial charge in [-0.15, -0.1) is 0 Å². The maximum atomic E-state index is 12.3. The van der Waals surface area contributed by atoms with E-state index in [2.05, 4.69) is 15.4 Å². The van der Waals surface area contributed by atoms with E-state index in [1.165, 1.54) is 37.5 Å². The van der Waals surface area contributed by atoms with Crippen LogP contribution >= 0.6 is 0 Å². The summed E-state index contributed by atoms with van der Waals surface area (Å²) in [5, 5.41) is 5.33. The lowest BCUT2D eigenvalue weighted by Crippen LogP contribution is -2.46. The second-order valence-corrected chi connectivity index (χ2v) is 5.67. The Labute approximate surface area is 151 Å². The van der Waals surface area contributed by atoms with Crippen LogP contribution in [0, 0.1) is 0 Å². The highest BCUT2D eigenvalue weighted by Gasteiger charge is 2.15. The predicted octanol–water partition coefficient (Wildman–Crippen LogP) is 2.73. The molecule has 2 amide bonds. The Kier molecular flexibility index (Phi) is 8.54. The van der Waals surface area contributed by atoms with Gasteiger partial charge in [0.25, 0.3) is 0 Å². The lowest BCUT2D eigenvalue weighted by molar-refractivity contribution is -0.127.